The molecule has 0 aliphatic carbocycles. The predicted molar refractivity (Wildman–Crippen MR) is 76.8 cm³/mol. The number of halogens is 2. The van der Waals surface area contributed by atoms with Crippen molar-refractivity contribution in [2.45, 2.75) is 25.8 Å². The van der Waals surface area contributed by atoms with Gasteiger partial charge in [0, 0.05) is 18.8 Å². The lowest BCUT2D eigenvalue weighted by atomic mass is 10.1. The Morgan fingerprint density at radius 1 is 1.50 bits per heavy atom. The van der Waals surface area contributed by atoms with Crippen molar-refractivity contribution in [2.24, 2.45) is 0 Å². The van der Waals surface area contributed by atoms with Gasteiger partial charge in [0.25, 0.3) is 5.91 Å². The largest absolute Gasteiger partial charge is 0.347 e. The second-order valence-corrected chi connectivity index (χ2v) is 4.19. The summed E-state index contributed by atoms with van der Waals surface area (Å²) >= 11 is 0. The number of hydrogen-bond acceptors (Lipinski definition) is 3. The van der Waals surface area contributed by atoms with Crippen molar-refractivity contribution >= 4 is 30.7 Å². The molecule has 1 aliphatic heterocycles. The first-order valence-electron chi connectivity index (χ1n) is 5.70. The van der Waals surface area contributed by atoms with Gasteiger partial charge in [-0.25, -0.2) is 0 Å². The zero-order chi connectivity index (χ0) is 11.4. The average Bonchev–Trinajstić information content (AvgIpc) is 2.31. The normalized spacial score (nSPS) is 18.2. The highest BCUT2D eigenvalue weighted by Gasteiger charge is 2.17. The third-order valence-electron chi connectivity index (χ3n) is 2.86. The maximum atomic E-state index is 11.9. The monoisotopic (exact) mass is 291 g/mol. The van der Waals surface area contributed by atoms with Crippen LogP contribution in [0.2, 0.25) is 0 Å². The van der Waals surface area contributed by atoms with E-state index in [-0.39, 0.29) is 36.8 Å². The van der Waals surface area contributed by atoms with Gasteiger partial charge >= 0.3 is 0 Å². The fourth-order valence-electron chi connectivity index (χ4n) is 1.95. The molecule has 0 spiro atoms. The lowest BCUT2D eigenvalue weighted by molar-refractivity contribution is 0.0925. The molecule has 102 valence electrons. The van der Waals surface area contributed by atoms with Gasteiger partial charge in [0.1, 0.15) is 5.69 Å². The van der Waals surface area contributed by atoms with Gasteiger partial charge in [0.15, 0.2) is 0 Å². The van der Waals surface area contributed by atoms with Crippen LogP contribution in [0.1, 0.15) is 28.9 Å². The van der Waals surface area contributed by atoms with Gasteiger partial charge < -0.3 is 10.6 Å². The maximum Gasteiger partial charge on any atom is 0.270 e. The third kappa shape index (κ3) is 4.44. The zero-order valence-corrected chi connectivity index (χ0v) is 11.9. The van der Waals surface area contributed by atoms with E-state index in [1.165, 1.54) is 0 Å². The second kappa shape index (κ2) is 8.29. The molecule has 2 rings (SSSR count). The molecule has 0 saturated carbocycles. The smallest absolute Gasteiger partial charge is 0.270 e. The number of carbonyl (C=O) groups is 1. The fourth-order valence-corrected chi connectivity index (χ4v) is 1.95. The zero-order valence-electron chi connectivity index (χ0n) is 10.3. The topological polar surface area (TPSA) is 54.0 Å². The number of piperidine rings is 1. The first-order chi connectivity index (χ1) is 7.77. The number of hydrogen-bond donors (Lipinski definition) is 2. The van der Waals surface area contributed by atoms with E-state index in [4.69, 9.17) is 0 Å². The molecule has 1 saturated heterocycles. The molecule has 1 aromatic heterocycles. The van der Waals surface area contributed by atoms with Crippen LogP contribution in [-0.4, -0.2) is 30.0 Å². The molecule has 0 radical (unpaired) electrons. The summed E-state index contributed by atoms with van der Waals surface area (Å²) in [5.74, 6) is -0.0631. The van der Waals surface area contributed by atoms with Gasteiger partial charge in [0.2, 0.25) is 0 Å². The highest BCUT2D eigenvalue weighted by Crippen LogP contribution is 2.06. The number of aryl methyl sites for hydroxylation is 1. The Bertz CT molecular complexity index is 381. The van der Waals surface area contributed by atoms with E-state index >= 15 is 0 Å². The summed E-state index contributed by atoms with van der Waals surface area (Å²) in [6, 6.07) is 3.98. The molecule has 2 N–H and O–H groups in total. The Balaban J connectivity index is 0.00000144. The molecule has 1 aliphatic rings. The van der Waals surface area contributed by atoms with Gasteiger partial charge in [-0.2, -0.15) is 0 Å². The van der Waals surface area contributed by atoms with Crippen LogP contribution in [0.15, 0.2) is 18.3 Å². The van der Waals surface area contributed by atoms with E-state index < -0.39 is 0 Å². The molecule has 1 atom stereocenters. The van der Waals surface area contributed by atoms with Crippen LogP contribution in [-0.2, 0) is 0 Å². The maximum absolute atomic E-state index is 11.9. The first kappa shape index (κ1) is 17.2. The molecule has 0 aromatic carbocycles. The van der Waals surface area contributed by atoms with Crippen LogP contribution in [0.4, 0.5) is 0 Å². The standard InChI is InChI=1S/C12H17N3O.2ClH/c1-9-4-2-7-14-11(9)12(16)15-10-5-3-6-13-8-10;;/h2,4,7,10,13H,3,5-6,8H2,1H3,(H,15,16);2*1H. The van der Waals surface area contributed by atoms with Gasteiger partial charge in [0.05, 0.1) is 0 Å². The van der Waals surface area contributed by atoms with E-state index in [2.05, 4.69) is 15.6 Å². The van der Waals surface area contributed by atoms with Gasteiger partial charge in [-0.15, -0.1) is 24.8 Å². The highest BCUT2D eigenvalue weighted by molar-refractivity contribution is 5.93. The van der Waals surface area contributed by atoms with E-state index in [1.54, 1.807) is 6.20 Å². The lowest BCUT2D eigenvalue weighted by Crippen LogP contribution is -2.45. The van der Waals surface area contributed by atoms with Crippen molar-refractivity contribution in [3.05, 3.63) is 29.6 Å². The lowest BCUT2D eigenvalue weighted by Gasteiger charge is -2.23. The Morgan fingerprint density at radius 2 is 2.28 bits per heavy atom. The number of amides is 1. The first-order valence-corrected chi connectivity index (χ1v) is 5.70. The van der Waals surface area contributed by atoms with Crippen molar-refractivity contribution in [1.29, 1.82) is 0 Å². The molecule has 4 nitrogen and oxygen atoms in total. The summed E-state index contributed by atoms with van der Waals surface area (Å²) in [4.78, 5) is 16.0. The predicted octanol–water partition coefficient (Wildman–Crippen LogP) is 1.72. The van der Waals surface area contributed by atoms with E-state index in [9.17, 15) is 4.79 Å². The molecule has 2 heterocycles. The molecule has 1 aromatic rings. The fraction of sp³-hybridized carbons (Fsp3) is 0.500. The van der Waals surface area contributed by atoms with Crippen LogP contribution >= 0.6 is 24.8 Å². The Labute approximate surface area is 120 Å². The molecule has 6 heteroatoms. The van der Waals surface area contributed by atoms with E-state index in [0.29, 0.717) is 5.69 Å². The van der Waals surface area contributed by atoms with Gasteiger partial charge in [-0.1, -0.05) is 6.07 Å². The van der Waals surface area contributed by atoms with Crippen molar-refractivity contribution in [3.63, 3.8) is 0 Å². The van der Waals surface area contributed by atoms with Gasteiger partial charge in [-0.3, -0.25) is 9.78 Å². The van der Waals surface area contributed by atoms with Gasteiger partial charge in [-0.05, 0) is 37.9 Å². The molecule has 0 bridgehead atoms. The highest BCUT2D eigenvalue weighted by atomic mass is 35.5. The molecular weight excluding hydrogens is 273 g/mol. The number of nitrogens with one attached hydrogen (secondary N) is 2. The minimum absolute atomic E-state index is 0. The Morgan fingerprint density at radius 3 is 2.89 bits per heavy atom. The van der Waals surface area contributed by atoms with E-state index in [0.717, 1.165) is 31.5 Å². The number of carbonyl (C=O) groups excluding carboxylic acids is 1. The van der Waals surface area contributed by atoms with Crippen molar-refractivity contribution in [1.82, 2.24) is 15.6 Å². The van der Waals surface area contributed by atoms with Crippen molar-refractivity contribution < 1.29 is 4.79 Å². The SMILES string of the molecule is Cc1cccnc1C(=O)NC1CCCNC1.Cl.Cl. The Hall–Kier alpha value is -0.840. The minimum atomic E-state index is -0.0631. The van der Waals surface area contributed by atoms with Crippen LogP contribution in [0.25, 0.3) is 0 Å². The van der Waals surface area contributed by atoms with Crippen molar-refractivity contribution in [2.75, 3.05) is 13.1 Å². The Kier molecular flexibility index (Phi) is 7.91. The summed E-state index contributed by atoms with van der Waals surface area (Å²) in [7, 11) is 0. The third-order valence-corrected chi connectivity index (χ3v) is 2.86. The number of nitrogens with zero attached hydrogens (tertiary/aromatic N) is 1. The molecule has 1 amide bonds. The molecule has 1 fully saturated rings. The summed E-state index contributed by atoms with van der Waals surface area (Å²) in [6.07, 6.45) is 3.82. The summed E-state index contributed by atoms with van der Waals surface area (Å²) < 4.78 is 0. The van der Waals surface area contributed by atoms with Crippen LogP contribution in [0.5, 0.6) is 0 Å². The minimum Gasteiger partial charge on any atom is -0.347 e. The average molecular weight is 292 g/mol. The summed E-state index contributed by atoms with van der Waals surface area (Å²) in [5, 5.41) is 6.28. The van der Waals surface area contributed by atoms with Crippen LogP contribution in [0.3, 0.4) is 0 Å². The molecule has 18 heavy (non-hydrogen) atoms. The number of pyridine rings is 1. The van der Waals surface area contributed by atoms with Crippen molar-refractivity contribution in [3.8, 4) is 0 Å². The summed E-state index contributed by atoms with van der Waals surface area (Å²) in [5.41, 5.74) is 1.46. The van der Waals surface area contributed by atoms with Crippen LogP contribution in [0, 0.1) is 6.92 Å². The quantitative estimate of drug-likeness (QED) is 0.872. The summed E-state index contributed by atoms with van der Waals surface area (Å²) in [6.45, 7) is 3.81. The molecular formula is C12H19Cl2N3O. The van der Waals surface area contributed by atoms with E-state index in [1.807, 2.05) is 19.1 Å². The second-order valence-electron chi connectivity index (χ2n) is 4.19. The number of rotatable bonds is 2. The number of aromatic nitrogens is 1. The molecule has 1 unspecified atom stereocenters. The van der Waals surface area contributed by atoms with Crippen LogP contribution < -0.4 is 10.6 Å².